The number of rotatable bonds is 13. The molecule has 0 aliphatic carbocycles. The summed E-state index contributed by atoms with van der Waals surface area (Å²) in [5.41, 5.74) is 0.692. The molecule has 0 aliphatic rings. The molecule has 2 unspecified atom stereocenters. The molecule has 0 radical (unpaired) electrons. The highest BCUT2D eigenvalue weighted by molar-refractivity contribution is 5.63. The van der Waals surface area contributed by atoms with Crippen LogP contribution in [0, 0.1) is 11.8 Å². The minimum Gasteiger partial charge on any atom is -0.493 e. The predicted octanol–water partition coefficient (Wildman–Crippen LogP) is 4.39. The van der Waals surface area contributed by atoms with Crippen molar-refractivity contribution in [2.75, 3.05) is 41.7 Å². The van der Waals surface area contributed by atoms with Gasteiger partial charge in [-0.25, -0.2) is 9.59 Å². The summed E-state index contributed by atoms with van der Waals surface area (Å²) in [5.74, 6) is 2.49. The van der Waals surface area contributed by atoms with Crippen LogP contribution in [0.3, 0.4) is 0 Å². The second kappa shape index (κ2) is 12.9. The summed E-state index contributed by atoms with van der Waals surface area (Å²) in [5, 5.41) is 0. The van der Waals surface area contributed by atoms with E-state index in [-0.39, 0.29) is 11.8 Å². The van der Waals surface area contributed by atoms with Crippen LogP contribution in [0.15, 0.2) is 34.3 Å². The van der Waals surface area contributed by atoms with Crippen LogP contribution in [0.25, 0.3) is 0 Å². The number of isocyanates is 2. The highest BCUT2D eigenvalue weighted by atomic mass is 16.5. The molecule has 0 bridgehead atoms. The molecule has 0 amide bonds. The fourth-order valence-electron chi connectivity index (χ4n) is 3.01. The van der Waals surface area contributed by atoms with Crippen molar-refractivity contribution in [1.29, 1.82) is 0 Å². The first-order chi connectivity index (χ1) is 16.4. The van der Waals surface area contributed by atoms with Crippen molar-refractivity contribution in [3.05, 3.63) is 24.3 Å². The Kier molecular flexibility index (Phi) is 9.95. The maximum absolute atomic E-state index is 10.6. The molecule has 182 valence electrons. The number of carbonyl (C=O) groups excluding carboxylic acids is 2. The first-order valence-electron chi connectivity index (χ1n) is 10.4. The highest BCUT2D eigenvalue weighted by Gasteiger charge is 2.21. The molecule has 2 atom stereocenters. The zero-order chi connectivity index (χ0) is 25.1. The average molecular weight is 472 g/mol. The van der Waals surface area contributed by atoms with E-state index in [2.05, 4.69) is 9.98 Å². The molecule has 0 saturated heterocycles. The van der Waals surface area contributed by atoms with E-state index in [4.69, 9.17) is 28.4 Å². The van der Waals surface area contributed by atoms with Gasteiger partial charge >= 0.3 is 0 Å². The summed E-state index contributed by atoms with van der Waals surface area (Å²) < 4.78 is 33.5. The SMILES string of the molecule is COc1cc(N=C=O)cc(OC)c1OCC(C)C(C)COc1c(OC)cc(N=C=O)cc1OC. The maximum atomic E-state index is 10.6. The van der Waals surface area contributed by atoms with Crippen LogP contribution in [0.1, 0.15) is 13.8 Å². The molecule has 0 fully saturated rings. The van der Waals surface area contributed by atoms with Gasteiger partial charge in [-0.2, -0.15) is 9.98 Å². The number of aliphatic imine (C=N–C) groups is 2. The van der Waals surface area contributed by atoms with Gasteiger partial charge in [-0.3, -0.25) is 0 Å². The van der Waals surface area contributed by atoms with Crippen LogP contribution in [-0.4, -0.2) is 53.8 Å². The first-order valence-corrected chi connectivity index (χ1v) is 10.4. The standard InChI is InChI=1S/C24H28N2O8/c1-15(11-33-23-19(29-3)7-17(25-13-27)8-20(23)30-4)16(2)12-34-24-21(31-5)9-18(26-14-28)10-22(24)32-6/h7-10,15-16H,11-12H2,1-6H3. The van der Waals surface area contributed by atoms with E-state index in [1.54, 1.807) is 24.3 Å². The third kappa shape index (κ3) is 6.51. The van der Waals surface area contributed by atoms with Gasteiger partial charge in [0.15, 0.2) is 23.0 Å². The highest BCUT2D eigenvalue weighted by Crippen LogP contribution is 2.43. The Labute approximate surface area is 198 Å². The summed E-state index contributed by atoms with van der Waals surface area (Å²) in [6.07, 6.45) is 2.99. The average Bonchev–Trinajstić information content (AvgIpc) is 2.85. The molecule has 0 saturated carbocycles. The van der Waals surface area contributed by atoms with E-state index in [1.807, 2.05) is 13.8 Å². The van der Waals surface area contributed by atoms with Crippen molar-refractivity contribution >= 4 is 23.5 Å². The third-order valence-electron chi connectivity index (χ3n) is 5.19. The predicted molar refractivity (Wildman–Crippen MR) is 124 cm³/mol. The number of nitrogens with zero attached hydrogens (tertiary/aromatic N) is 2. The fraction of sp³-hybridized carbons (Fsp3) is 0.417. The zero-order valence-corrected chi connectivity index (χ0v) is 20.0. The van der Waals surface area contributed by atoms with Crippen LogP contribution in [-0.2, 0) is 9.59 Å². The number of methoxy groups -OCH3 is 4. The minimum atomic E-state index is 0.0676. The topological polar surface area (TPSA) is 114 Å². The van der Waals surface area contributed by atoms with Crippen LogP contribution < -0.4 is 28.4 Å². The lowest BCUT2D eigenvalue weighted by Gasteiger charge is -2.23. The smallest absolute Gasteiger partial charge is 0.240 e. The van der Waals surface area contributed by atoms with Gasteiger partial charge in [-0.15, -0.1) is 0 Å². The Balaban J connectivity index is 2.12. The molecule has 0 spiro atoms. The quantitative estimate of drug-likeness (QED) is 0.312. The summed E-state index contributed by atoms with van der Waals surface area (Å²) >= 11 is 0. The van der Waals surface area contributed by atoms with Crippen molar-refractivity contribution < 1.29 is 38.0 Å². The molecule has 2 aromatic carbocycles. The third-order valence-corrected chi connectivity index (χ3v) is 5.19. The summed E-state index contributed by atoms with van der Waals surface area (Å²) in [6, 6.07) is 6.27. The van der Waals surface area contributed by atoms with Crippen molar-refractivity contribution in [3.63, 3.8) is 0 Å². The van der Waals surface area contributed by atoms with Gasteiger partial charge in [0.2, 0.25) is 23.7 Å². The van der Waals surface area contributed by atoms with Crippen LogP contribution >= 0.6 is 0 Å². The Morgan fingerprint density at radius 2 is 0.941 bits per heavy atom. The van der Waals surface area contributed by atoms with E-state index < -0.39 is 0 Å². The van der Waals surface area contributed by atoms with Gasteiger partial charge in [-0.1, -0.05) is 13.8 Å². The van der Waals surface area contributed by atoms with Gasteiger partial charge in [0, 0.05) is 24.3 Å². The number of ether oxygens (including phenoxy) is 6. The maximum Gasteiger partial charge on any atom is 0.240 e. The Morgan fingerprint density at radius 3 is 1.18 bits per heavy atom. The molecule has 0 aliphatic heterocycles. The number of hydrogen-bond acceptors (Lipinski definition) is 10. The Morgan fingerprint density at radius 1 is 0.647 bits per heavy atom. The van der Waals surface area contributed by atoms with E-state index in [0.717, 1.165) is 0 Å². The summed E-state index contributed by atoms with van der Waals surface area (Å²) in [4.78, 5) is 28.4. The summed E-state index contributed by atoms with van der Waals surface area (Å²) in [6.45, 7) is 4.73. The monoisotopic (exact) mass is 472 g/mol. The second-order valence-electron chi connectivity index (χ2n) is 7.34. The summed E-state index contributed by atoms with van der Waals surface area (Å²) in [7, 11) is 5.95. The molecular formula is C24H28N2O8. The van der Waals surface area contributed by atoms with Crippen LogP contribution in [0.4, 0.5) is 11.4 Å². The van der Waals surface area contributed by atoms with Crippen LogP contribution in [0.2, 0.25) is 0 Å². The number of benzene rings is 2. The van der Waals surface area contributed by atoms with Gasteiger partial charge in [0.25, 0.3) is 0 Å². The minimum absolute atomic E-state index is 0.0676. The lowest BCUT2D eigenvalue weighted by atomic mass is 9.98. The van der Waals surface area contributed by atoms with Gasteiger partial charge in [-0.05, 0) is 11.8 Å². The molecule has 0 aromatic heterocycles. The van der Waals surface area contributed by atoms with Gasteiger partial charge < -0.3 is 28.4 Å². The fourth-order valence-corrected chi connectivity index (χ4v) is 3.01. The van der Waals surface area contributed by atoms with E-state index in [9.17, 15) is 9.59 Å². The lowest BCUT2D eigenvalue weighted by molar-refractivity contribution is 0.153. The second-order valence-corrected chi connectivity index (χ2v) is 7.34. The molecule has 10 heteroatoms. The molecule has 2 aromatic rings. The number of hydrogen-bond donors (Lipinski definition) is 0. The molecular weight excluding hydrogens is 444 g/mol. The first kappa shape index (κ1) is 26.3. The van der Waals surface area contributed by atoms with Gasteiger partial charge in [0.1, 0.15) is 0 Å². The van der Waals surface area contributed by atoms with Crippen molar-refractivity contribution in [2.45, 2.75) is 13.8 Å². The zero-order valence-electron chi connectivity index (χ0n) is 20.0. The van der Waals surface area contributed by atoms with E-state index >= 15 is 0 Å². The lowest BCUT2D eigenvalue weighted by Crippen LogP contribution is -2.22. The van der Waals surface area contributed by atoms with Gasteiger partial charge in [0.05, 0.1) is 53.0 Å². The molecule has 2 rings (SSSR count). The van der Waals surface area contributed by atoms with Crippen molar-refractivity contribution in [1.82, 2.24) is 0 Å². The van der Waals surface area contributed by atoms with E-state index in [1.165, 1.54) is 40.6 Å². The molecule has 10 nitrogen and oxygen atoms in total. The van der Waals surface area contributed by atoms with Crippen LogP contribution in [0.5, 0.6) is 34.5 Å². The normalized spacial score (nSPS) is 11.8. The molecule has 0 N–H and O–H groups in total. The Hall–Kier alpha value is -4.00. The van der Waals surface area contributed by atoms with Crippen molar-refractivity contribution in [3.8, 4) is 34.5 Å². The molecule has 0 heterocycles. The molecule has 34 heavy (non-hydrogen) atoms. The van der Waals surface area contributed by atoms with E-state index in [0.29, 0.717) is 59.1 Å². The largest absolute Gasteiger partial charge is 0.493 e. The Bertz CT molecular complexity index is 939. The van der Waals surface area contributed by atoms with Crippen molar-refractivity contribution in [2.24, 2.45) is 21.8 Å².